The number of aliphatic hydroxyl groups excluding tert-OH is 1. The Balaban J connectivity index is 2.34. The molecular formula is C12H14N2O2. The molecule has 0 bridgehead atoms. The molecule has 0 aliphatic rings. The zero-order valence-electron chi connectivity index (χ0n) is 9.10. The van der Waals surface area contributed by atoms with E-state index in [1.807, 2.05) is 42.1 Å². The number of carbonyl (C=O) groups is 1. The summed E-state index contributed by atoms with van der Waals surface area (Å²) < 4.78 is 1.96. The maximum atomic E-state index is 11.4. The van der Waals surface area contributed by atoms with Crippen molar-refractivity contribution in [3.63, 3.8) is 0 Å². The first-order valence-corrected chi connectivity index (χ1v) is 5.17. The molecule has 0 fully saturated rings. The van der Waals surface area contributed by atoms with Crippen LogP contribution >= 0.6 is 0 Å². The summed E-state index contributed by atoms with van der Waals surface area (Å²) in [4.78, 5) is 11.4. The molecule has 1 amide bonds. The normalized spacial score (nSPS) is 10.6. The summed E-state index contributed by atoms with van der Waals surface area (Å²) in [6, 6.07) is 7.85. The second kappa shape index (κ2) is 4.37. The highest BCUT2D eigenvalue weighted by Gasteiger charge is 2.08. The van der Waals surface area contributed by atoms with E-state index in [-0.39, 0.29) is 18.9 Å². The van der Waals surface area contributed by atoms with Gasteiger partial charge in [0.2, 0.25) is 5.91 Å². The molecule has 2 aromatic rings. The Morgan fingerprint density at radius 3 is 2.94 bits per heavy atom. The van der Waals surface area contributed by atoms with Crippen LogP contribution in [-0.4, -0.2) is 22.2 Å². The third kappa shape index (κ3) is 1.92. The van der Waals surface area contributed by atoms with Gasteiger partial charge in [-0.1, -0.05) is 18.2 Å². The fraction of sp³-hybridized carbons (Fsp3) is 0.250. The van der Waals surface area contributed by atoms with E-state index in [1.165, 1.54) is 0 Å². The molecule has 0 atom stereocenters. The predicted molar refractivity (Wildman–Crippen MR) is 63.3 cm³/mol. The molecule has 0 spiro atoms. The fourth-order valence-corrected chi connectivity index (χ4v) is 1.76. The number of rotatable bonds is 3. The number of nitrogens with one attached hydrogen (secondary N) is 1. The van der Waals surface area contributed by atoms with E-state index in [0.29, 0.717) is 0 Å². The summed E-state index contributed by atoms with van der Waals surface area (Å²) in [5.41, 5.74) is 1.86. The second-order valence-corrected chi connectivity index (χ2v) is 3.69. The number of carbonyl (C=O) groups excluding carboxylic acids is 1. The quantitative estimate of drug-likeness (QED) is 0.820. The lowest BCUT2D eigenvalue weighted by atomic mass is 10.2. The zero-order chi connectivity index (χ0) is 11.5. The van der Waals surface area contributed by atoms with Gasteiger partial charge in [0.1, 0.15) is 0 Å². The number of aryl methyl sites for hydroxylation is 1. The number of benzene rings is 1. The standard InChI is InChI=1S/C12H14N2O2/c1-14-8-10(13-12(16)6-7-15)9-4-2-3-5-11(9)14/h2-5,8,15H,6-7H2,1H3,(H,13,16). The van der Waals surface area contributed by atoms with Crippen LogP contribution in [0.15, 0.2) is 30.5 Å². The molecule has 1 aromatic carbocycles. The van der Waals surface area contributed by atoms with Crippen LogP contribution in [0.3, 0.4) is 0 Å². The van der Waals surface area contributed by atoms with Crippen LogP contribution in [0.5, 0.6) is 0 Å². The third-order valence-electron chi connectivity index (χ3n) is 2.51. The molecule has 0 radical (unpaired) electrons. The van der Waals surface area contributed by atoms with Crippen molar-refractivity contribution in [2.75, 3.05) is 11.9 Å². The Labute approximate surface area is 93.5 Å². The number of hydrogen-bond acceptors (Lipinski definition) is 2. The van der Waals surface area contributed by atoms with E-state index in [0.717, 1.165) is 16.6 Å². The molecule has 0 unspecified atom stereocenters. The molecular weight excluding hydrogens is 204 g/mol. The molecule has 16 heavy (non-hydrogen) atoms. The van der Waals surface area contributed by atoms with Gasteiger partial charge in [0.25, 0.3) is 0 Å². The molecule has 4 nitrogen and oxygen atoms in total. The highest BCUT2D eigenvalue weighted by Crippen LogP contribution is 2.24. The van der Waals surface area contributed by atoms with E-state index in [2.05, 4.69) is 5.32 Å². The number of fused-ring (bicyclic) bond motifs is 1. The van der Waals surface area contributed by atoms with Crippen molar-refractivity contribution >= 4 is 22.5 Å². The monoisotopic (exact) mass is 218 g/mol. The lowest BCUT2D eigenvalue weighted by molar-refractivity contribution is -0.116. The summed E-state index contributed by atoms with van der Waals surface area (Å²) in [5, 5.41) is 12.5. The van der Waals surface area contributed by atoms with Gasteiger partial charge in [0.15, 0.2) is 0 Å². The van der Waals surface area contributed by atoms with Crippen molar-refractivity contribution in [1.29, 1.82) is 0 Å². The Kier molecular flexibility index (Phi) is 2.92. The third-order valence-corrected chi connectivity index (χ3v) is 2.51. The van der Waals surface area contributed by atoms with Crippen molar-refractivity contribution < 1.29 is 9.90 Å². The van der Waals surface area contributed by atoms with Gasteiger partial charge in [-0.2, -0.15) is 0 Å². The maximum Gasteiger partial charge on any atom is 0.226 e. The summed E-state index contributed by atoms with van der Waals surface area (Å²) in [6.45, 7) is -0.128. The molecule has 0 saturated carbocycles. The topological polar surface area (TPSA) is 54.3 Å². The molecule has 0 aliphatic carbocycles. The number of hydrogen-bond donors (Lipinski definition) is 2. The number of para-hydroxylation sites is 1. The highest BCUT2D eigenvalue weighted by molar-refractivity contribution is 6.01. The van der Waals surface area contributed by atoms with Gasteiger partial charge in [-0.15, -0.1) is 0 Å². The largest absolute Gasteiger partial charge is 0.396 e. The minimum absolute atomic E-state index is 0.128. The Morgan fingerprint density at radius 1 is 1.44 bits per heavy atom. The summed E-state index contributed by atoms with van der Waals surface area (Å²) >= 11 is 0. The van der Waals surface area contributed by atoms with Gasteiger partial charge in [0.05, 0.1) is 18.7 Å². The highest BCUT2D eigenvalue weighted by atomic mass is 16.3. The van der Waals surface area contributed by atoms with E-state index in [9.17, 15) is 4.79 Å². The van der Waals surface area contributed by atoms with Crippen LogP contribution in [0.2, 0.25) is 0 Å². The number of amides is 1. The number of aromatic nitrogens is 1. The van der Waals surface area contributed by atoms with Crippen LogP contribution in [-0.2, 0) is 11.8 Å². The molecule has 1 aromatic heterocycles. The van der Waals surface area contributed by atoms with E-state index >= 15 is 0 Å². The number of anilines is 1. The van der Waals surface area contributed by atoms with Crippen molar-refractivity contribution in [2.45, 2.75) is 6.42 Å². The SMILES string of the molecule is Cn1cc(NC(=O)CCO)c2ccccc21. The number of nitrogens with zero attached hydrogens (tertiary/aromatic N) is 1. The van der Waals surface area contributed by atoms with Gasteiger partial charge in [-0.25, -0.2) is 0 Å². The second-order valence-electron chi connectivity index (χ2n) is 3.69. The summed E-state index contributed by atoms with van der Waals surface area (Å²) in [5.74, 6) is -0.168. The van der Waals surface area contributed by atoms with Crippen molar-refractivity contribution in [3.8, 4) is 0 Å². The fourth-order valence-electron chi connectivity index (χ4n) is 1.76. The first-order valence-electron chi connectivity index (χ1n) is 5.17. The minimum atomic E-state index is -0.168. The molecule has 4 heteroatoms. The van der Waals surface area contributed by atoms with Crippen molar-refractivity contribution in [2.24, 2.45) is 7.05 Å². The predicted octanol–water partition coefficient (Wildman–Crippen LogP) is 1.50. The van der Waals surface area contributed by atoms with Gasteiger partial charge >= 0.3 is 0 Å². The van der Waals surface area contributed by atoms with Crippen molar-refractivity contribution in [3.05, 3.63) is 30.5 Å². The lowest BCUT2D eigenvalue weighted by Crippen LogP contribution is -2.12. The van der Waals surface area contributed by atoms with Gasteiger partial charge in [0, 0.05) is 24.1 Å². The molecule has 0 aliphatic heterocycles. The van der Waals surface area contributed by atoms with E-state index in [4.69, 9.17) is 5.11 Å². The first-order chi connectivity index (χ1) is 7.72. The number of aliphatic hydroxyl groups is 1. The summed E-state index contributed by atoms with van der Waals surface area (Å²) in [6.07, 6.45) is 2.00. The average Bonchev–Trinajstić information content (AvgIpc) is 2.57. The molecule has 2 rings (SSSR count). The smallest absolute Gasteiger partial charge is 0.226 e. The maximum absolute atomic E-state index is 11.4. The van der Waals surface area contributed by atoms with Gasteiger partial charge in [-0.05, 0) is 6.07 Å². The van der Waals surface area contributed by atoms with Crippen LogP contribution in [0.4, 0.5) is 5.69 Å². The van der Waals surface area contributed by atoms with Crippen LogP contribution in [0, 0.1) is 0 Å². The van der Waals surface area contributed by atoms with Gasteiger partial charge in [-0.3, -0.25) is 4.79 Å². The van der Waals surface area contributed by atoms with Crippen molar-refractivity contribution in [1.82, 2.24) is 4.57 Å². The average molecular weight is 218 g/mol. The lowest BCUT2D eigenvalue weighted by Gasteiger charge is -2.01. The van der Waals surface area contributed by atoms with Crippen LogP contribution in [0.1, 0.15) is 6.42 Å². The molecule has 1 heterocycles. The minimum Gasteiger partial charge on any atom is -0.396 e. The van der Waals surface area contributed by atoms with Gasteiger partial charge < -0.3 is 15.0 Å². The zero-order valence-corrected chi connectivity index (χ0v) is 9.10. The van der Waals surface area contributed by atoms with E-state index in [1.54, 1.807) is 0 Å². The van der Waals surface area contributed by atoms with E-state index < -0.39 is 0 Å². The Hall–Kier alpha value is -1.81. The van der Waals surface area contributed by atoms with Crippen LogP contribution in [0.25, 0.3) is 10.9 Å². The molecule has 2 N–H and O–H groups in total. The first kappa shape index (κ1) is 10.7. The molecule has 0 saturated heterocycles. The summed E-state index contributed by atoms with van der Waals surface area (Å²) in [7, 11) is 1.93. The Morgan fingerprint density at radius 2 is 2.19 bits per heavy atom. The Bertz CT molecular complexity index is 517. The molecule has 84 valence electrons. The van der Waals surface area contributed by atoms with Crippen LogP contribution < -0.4 is 5.32 Å².